The maximum atomic E-state index is 13.3. The summed E-state index contributed by atoms with van der Waals surface area (Å²) in [5.74, 6) is -6.76. The number of phenols is 1. The van der Waals surface area contributed by atoms with Crippen LogP contribution in [0, 0.1) is 5.92 Å². The third-order valence-corrected chi connectivity index (χ3v) is 6.07. The normalized spacial score (nSPS) is 14.6. The van der Waals surface area contributed by atoms with Gasteiger partial charge in [-0.25, -0.2) is 4.79 Å². The molecule has 5 atom stereocenters. The fourth-order valence-corrected chi connectivity index (χ4v) is 3.51. The van der Waals surface area contributed by atoms with Crippen LogP contribution < -0.4 is 21.7 Å². The quantitative estimate of drug-likeness (QED) is 0.123. The highest BCUT2D eigenvalue weighted by Gasteiger charge is 2.33. The predicted molar refractivity (Wildman–Crippen MR) is 136 cm³/mol. The van der Waals surface area contributed by atoms with E-state index in [0.29, 0.717) is 12.0 Å². The zero-order chi connectivity index (χ0) is 29.7. The first-order valence-electron chi connectivity index (χ1n) is 12.4. The third-order valence-electron chi connectivity index (χ3n) is 6.07. The minimum atomic E-state index is -1.50. The molecule has 0 aliphatic heterocycles. The van der Waals surface area contributed by atoms with E-state index >= 15 is 0 Å². The lowest BCUT2D eigenvalue weighted by Crippen LogP contribution is -2.59. The van der Waals surface area contributed by atoms with E-state index in [0.717, 1.165) is 0 Å². The molecule has 0 bridgehead atoms. The molecule has 14 heteroatoms. The van der Waals surface area contributed by atoms with E-state index in [-0.39, 0.29) is 31.4 Å². The molecule has 39 heavy (non-hydrogen) atoms. The molecule has 0 aliphatic rings. The lowest BCUT2D eigenvalue weighted by molar-refractivity contribution is -0.144. The molecule has 0 fully saturated rings. The number of hydrogen-bond acceptors (Lipinski definition) is 8. The molecular weight excluding hydrogens is 516 g/mol. The van der Waals surface area contributed by atoms with Gasteiger partial charge in [0, 0.05) is 19.3 Å². The van der Waals surface area contributed by atoms with Gasteiger partial charge in [-0.05, 0) is 36.5 Å². The van der Waals surface area contributed by atoms with Gasteiger partial charge in [0.15, 0.2) is 0 Å². The van der Waals surface area contributed by atoms with Gasteiger partial charge in [-0.1, -0.05) is 32.4 Å². The topological polar surface area (TPSA) is 245 Å². The molecule has 0 saturated carbocycles. The molecule has 0 aliphatic carbocycles. The van der Waals surface area contributed by atoms with Crippen molar-refractivity contribution in [3.05, 3.63) is 29.8 Å². The first-order valence-corrected chi connectivity index (χ1v) is 12.4. The smallest absolute Gasteiger partial charge is 0.326 e. The summed E-state index contributed by atoms with van der Waals surface area (Å²) in [7, 11) is 0. The summed E-state index contributed by atoms with van der Waals surface area (Å²) < 4.78 is 0. The molecule has 1 aromatic rings. The Kier molecular flexibility index (Phi) is 13.4. The van der Waals surface area contributed by atoms with Crippen LogP contribution in [-0.2, 0) is 35.2 Å². The number of aliphatic carboxylic acids is 3. The molecule has 1 aromatic carbocycles. The van der Waals surface area contributed by atoms with Crippen LogP contribution in [0.5, 0.6) is 5.75 Å². The van der Waals surface area contributed by atoms with Crippen LogP contribution in [-0.4, -0.2) is 80.2 Å². The summed E-state index contributed by atoms with van der Waals surface area (Å²) >= 11 is 0. The SMILES string of the molecule is CC[C@H](C)[C@H](NC(=O)[C@H](Cc1ccc(O)cc1)NC(=O)[C@@H](N)CCC(=O)O)C(=O)N[C@@H](CCC(=O)O)C(=O)O. The van der Waals surface area contributed by atoms with E-state index < -0.39 is 72.1 Å². The molecule has 14 nitrogen and oxygen atoms in total. The second-order valence-electron chi connectivity index (χ2n) is 9.17. The van der Waals surface area contributed by atoms with Gasteiger partial charge in [0.05, 0.1) is 6.04 Å². The van der Waals surface area contributed by atoms with Crippen LogP contribution in [0.1, 0.15) is 51.5 Å². The summed E-state index contributed by atoms with van der Waals surface area (Å²) in [6.07, 6.45) is -1.09. The predicted octanol–water partition coefficient (Wildman–Crippen LogP) is -0.423. The number of nitrogens with one attached hydrogen (secondary N) is 3. The molecule has 3 amide bonds. The molecular formula is C25H36N4O10. The first kappa shape index (κ1) is 32.8. The van der Waals surface area contributed by atoms with Crippen molar-refractivity contribution in [2.24, 2.45) is 11.7 Å². The number of phenolic OH excluding ortho intramolecular Hbond substituents is 1. The number of nitrogens with two attached hydrogens (primary N) is 1. The third kappa shape index (κ3) is 11.8. The number of carboxylic acid groups (broad SMARTS) is 3. The lowest BCUT2D eigenvalue weighted by Gasteiger charge is -2.28. The van der Waals surface area contributed by atoms with E-state index in [9.17, 15) is 39.0 Å². The maximum absolute atomic E-state index is 13.3. The Hall–Kier alpha value is -4.20. The average molecular weight is 553 g/mol. The highest BCUT2D eigenvalue weighted by Crippen LogP contribution is 2.14. The van der Waals surface area contributed by atoms with E-state index in [1.807, 2.05) is 0 Å². The molecule has 216 valence electrons. The second kappa shape index (κ2) is 15.9. The highest BCUT2D eigenvalue weighted by molar-refractivity contribution is 5.94. The van der Waals surface area contributed by atoms with Crippen LogP contribution in [0.25, 0.3) is 0 Å². The molecule has 0 spiro atoms. The Morgan fingerprint density at radius 1 is 0.795 bits per heavy atom. The minimum absolute atomic E-state index is 0.0242. The second-order valence-corrected chi connectivity index (χ2v) is 9.17. The lowest BCUT2D eigenvalue weighted by atomic mass is 9.96. The number of carboxylic acids is 3. The van der Waals surface area contributed by atoms with Crippen molar-refractivity contribution in [2.45, 2.75) is 76.5 Å². The number of amides is 3. The molecule has 0 radical (unpaired) electrons. The molecule has 0 unspecified atom stereocenters. The number of hydrogen-bond donors (Lipinski definition) is 8. The van der Waals surface area contributed by atoms with Gasteiger partial charge in [-0.2, -0.15) is 0 Å². The minimum Gasteiger partial charge on any atom is -0.508 e. The average Bonchev–Trinajstić information content (AvgIpc) is 2.87. The Labute approximate surface area is 225 Å². The van der Waals surface area contributed by atoms with E-state index in [2.05, 4.69) is 16.0 Å². The molecule has 0 heterocycles. The van der Waals surface area contributed by atoms with Crippen molar-refractivity contribution in [1.29, 1.82) is 0 Å². The largest absolute Gasteiger partial charge is 0.508 e. The van der Waals surface area contributed by atoms with Gasteiger partial charge in [-0.3, -0.25) is 24.0 Å². The van der Waals surface area contributed by atoms with Crippen molar-refractivity contribution in [3.63, 3.8) is 0 Å². The number of rotatable bonds is 17. The zero-order valence-electron chi connectivity index (χ0n) is 21.8. The summed E-state index contributed by atoms with van der Waals surface area (Å²) in [6.45, 7) is 3.39. The van der Waals surface area contributed by atoms with Gasteiger partial charge in [-0.15, -0.1) is 0 Å². The van der Waals surface area contributed by atoms with Crippen LogP contribution in [0.15, 0.2) is 24.3 Å². The van der Waals surface area contributed by atoms with Crippen molar-refractivity contribution in [2.75, 3.05) is 0 Å². The molecule has 0 saturated heterocycles. The summed E-state index contributed by atoms with van der Waals surface area (Å²) in [5.41, 5.74) is 6.32. The standard InChI is InChI=1S/C25H36N4O10/c1-3-13(2)21(24(37)27-17(25(38)39)9-11-20(33)34)29-23(36)18(12-14-4-6-15(30)7-5-14)28-22(35)16(26)8-10-19(31)32/h4-7,13,16-18,21,30H,3,8-12,26H2,1-2H3,(H,27,37)(H,28,35)(H,29,36)(H,31,32)(H,33,34)(H,38,39)/t13-,16-,17-,18-,21-/m0/s1. The fraction of sp³-hybridized carbons (Fsp3) is 0.520. The van der Waals surface area contributed by atoms with Crippen molar-refractivity contribution < 1.29 is 49.2 Å². The van der Waals surface area contributed by atoms with E-state index in [1.165, 1.54) is 24.3 Å². The molecule has 0 aromatic heterocycles. The van der Waals surface area contributed by atoms with Gasteiger partial charge >= 0.3 is 17.9 Å². The van der Waals surface area contributed by atoms with Gasteiger partial charge < -0.3 is 42.1 Å². The summed E-state index contributed by atoms with van der Waals surface area (Å²) in [5, 5.41) is 43.9. The zero-order valence-corrected chi connectivity index (χ0v) is 21.8. The summed E-state index contributed by atoms with van der Waals surface area (Å²) in [6, 6.07) is 0.573. The van der Waals surface area contributed by atoms with Gasteiger partial charge in [0.2, 0.25) is 17.7 Å². The Bertz CT molecular complexity index is 1030. The van der Waals surface area contributed by atoms with E-state index in [4.69, 9.17) is 15.9 Å². The van der Waals surface area contributed by atoms with Crippen molar-refractivity contribution >= 4 is 35.6 Å². The number of carbonyl (C=O) groups excluding carboxylic acids is 3. The van der Waals surface area contributed by atoms with Crippen molar-refractivity contribution in [3.8, 4) is 5.75 Å². The maximum Gasteiger partial charge on any atom is 0.326 e. The summed E-state index contributed by atoms with van der Waals surface area (Å²) in [4.78, 5) is 72.2. The highest BCUT2D eigenvalue weighted by atomic mass is 16.4. The number of carbonyl (C=O) groups is 6. The first-order chi connectivity index (χ1) is 18.2. The number of benzene rings is 1. The Morgan fingerprint density at radius 3 is 1.85 bits per heavy atom. The Balaban J connectivity index is 3.15. The van der Waals surface area contributed by atoms with Gasteiger partial charge in [0.25, 0.3) is 0 Å². The van der Waals surface area contributed by atoms with E-state index in [1.54, 1.807) is 13.8 Å². The van der Waals surface area contributed by atoms with Gasteiger partial charge in [0.1, 0.15) is 23.9 Å². The number of aromatic hydroxyl groups is 1. The van der Waals surface area contributed by atoms with Crippen LogP contribution in [0.4, 0.5) is 0 Å². The molecule has 1 rings (SSSR count). The fourth-order valence-electron chi connectivity index (χ4n) is 3.51. The van der Waals surface area contributed by atoms with Crippen LogP contribution >= 0.6 is 0 Å². The van der Waals surface area contributed by atoms with Crippen LogP contribution in [0.3, 0.4) is 0 Å². The molecule has 9 N–H and O–H groups in total. The van der Waals surface area contributed by atoms with Crippen LogP contribution in [0.2, 0.25) is 0 Å². The Morgan fingerprint density at radius 2 is 1.33 bits per heavy atom. The van der Waals surface area contributed by atoms with Crippen molar-refractivity contribution in [1.82, 2.24) is 16.0 Å². The monoisotopic (exact) mass is 552 g/mol.